The Balaban J connectivity index is 3.03. The van der Waals surface area contributed by atoms with E-state index in [4.69, 9.17) is 10.8 Å². The first-order valence-electron chi connectivity index (χ1n) is 2.90. The number of hydrogen-bond donors (Lipinski definition) is 2. The normalized spacial score (nSPS) is 14.1. The van der Waals surface area contributed by atoms with E-state index in [0.717, 1.165) is 0 Å². The van der Waals surface area contributed by atoms with Crippen LogP contribution in [0.4, 0.5) is 8.78 Å². The molecular formula is C5H11F2NO2. The van der Waals surface area contributed by atoms with E-state index >= 15 is 0 Å². The van der Waals surface area contributed by atoms with Gasteiger partial charge in [-0.3, -0.25) is 0 Å². The van der Waals surface area contributed by atoms with E-state index in [0.29, 0.717) is 0 Å². The van der Waals surface area contributed by atoms with Crippen molar-refractivity contribution in [2.45, 2.75) is 12.5 Å². The highest BCUT2D eigenvalue weighted by Gasteiger charge is 2.04. The first-order valence-corrected chi connectivity index (χ1v) is 2.90. The Morgan fingerprint density at radius 2 is 2.00 bits per heavy atom. The smallest absolute Gasteiger partial charge is 0.261 e. The highest BCUT2D eigenvalue weighted by Crippen LogP contribution is 1.92. The molecule has 0 bridgehead atoms. The maximum absolute atomic E-state index is 11.4. The molecule has 3 nitrogen and oxygen atoms in total. The standard InChI is InChI=1S/C5H11F2NO2/c6-5(7)3-10-2-4(9)1-8/h4-5,9H,1-3,8H2. The molecule has 0 heterocycles. The molecule has 1 unspecified atom stereocenters. The summed E-state index contributed by atoms with van der Waals surface area (Å²) in [5.41, 5.74) is 4.97. The third-order valence-electron chi connectivity index (χ3n) is 0.826. The van der Waals surface area contributed by atoms with Gasteiger partial charge in [-0.05, 0) is 0 Å². The molecule has 3 N–H and O–H groups in total. The SMILES string of the molecule is NCC(O)COCC(F)F. The number of aliphatic hydroxyl groups is 1. The zero-order valence-electron chi connectivity index (χ0n) is 5.46. The monoisotopic (exact) mass is 155 g/mol. The van der Waals surface area contributed by atoms with Crippen LogP contribution in [0, 0.1) is 0 Å². The van der Waals surface area contributed by atoms with Crippen LogP contribution in [-0.2, 0) is 4.74 Å². The fourth-order valence-corrected chi connectivity index (χ4v) is 0.361. The van der Waals surface area contributed by atoms with Crippen LogP contribution in [-0.4, -0.2) is 37.4 Å². The van der Waals surface area contributed by atoms with Gasteiger partial charge in [-0.2, -0.15) is 0 Å². The minimum atomic E-state index is -2.48. The molecule has 0 spiro atoms. The summed E-state index contributed by atoms with van der Waals surface area (Å²) in [6, 6.07) is 0. The topological polar surface area (TPSA) is 55.5 Å². The summed E-state index contributed by atoms with van der Waals surface area (Å²) in [5, 5.41) is 8.68. The van der Waals surface area contributed by atoms with Gasteiger partial charge in [0.25, 0.3) is 6.43 Å². The molecule has 0 amide bonds. The van der Waals surface area contributed by atoms with Gasteiger partial charge in [0.1, 0.15) is 6.61 Å². The van der Waals surface area contributed by atoms with E-state index in [2.05, 4.69) is 4.74 Å². The summed E-state index contributed by atoms with van der Waals surface area (Å²) >= 11 is 0. The van der Waals surface area contributed by atoms with E-state index in [1.807, 2.05) is 0 Å². The lowest BCUT2D eigenvalue weighted by atomic mass is 10.4. The van der Waals surface area contributed by atoms with Gasteiger partial charge >= 0.3 is 0 Å². The highest BCUT2D eigenvalue weighted by molar-refractivity contribution is 4.52. The van der Waals surface area contributed by atoms with Crippen LogP contribution < -0.4 is 5.73 Å². The Hall–Kier alpha value is -0.260. The molecule has 0 aliphatic rings. The lowest BCUT2D eigenvalue weighted by Gasteiger charge is -2.07. The fraction of sp³-hybridized carbons (Fsp3) is 1.00. The second-order valence-corrected chi connectivity index (χ2v) is 1.82. The summed E-state index contributed by atoms with van der Waals surface area (Å²) in [4.78, 5) is 0. The van der Waals surface area contributed by atoms with Crippen molar-refractivity contribution >= 4 is 0 Å². The number of alkyl halides is 2. The van der Waals surface area contributed by atoms with E-state index in [9.17, 15) is 8.78 Å². The van der Waals surface area contributed by atoms with Crippen LogP contribution in [0.2, 0.25) is 0 Å². The molecule has 0 saturated heterocycles. The Bertz CT molecular complexity index is 82.0. The van der Waals surface area contributed by atoms with Gasteiger partial charge in [-0.15, -0.1) is 0 Å². The van der Waals surface area contributed by atoms with Gasteiger partial charge in [0, 0.05) is 6.54 Å². The van der Waals surface area contributed by atoms with E-state index in [1.165, 1.54) is 0 Å². The molecule has 0 fully saturated rings. The molecular weight excluding hydrogens is 144 g/mol. The van der Waals surface area contributed by atoms with Crippen molar-refractivity contribution in [3.8, 4) is 0 Å². The summed E-state index contributed by atoms with van der Waals surface area (Å²) in [5.74, 6) is 0. The highest BCUT2D eigenvalue weighted by atomic mass is 19.3. The minimum absolute atomic E-state index is 0.0310. The fourth-order valence-electron chi connectivity index (χ4n) is 0.361. The van der Waals surface area contributed by atoms with Crippen LogP contribution >= 0.6 is 0 Å². The number of rotatable bonds is 5. The molecule has 0 aromatic carbocycles. The number of halogens is 2. The molecule has 1 atom stereocenters. The summed E-state index contributed by atoms with van der Waals surface area (Å²) in [6.45, 7) is -0.735. The van der Waals surface area contributed by atoms with Crippen molar-refractivity contribution in [1.29, 1.82) is 0 Å². The van der Waals surface area contributed by atoms with Crippen molar-refractivity contribution in [3.05, 3.63) is 0 Å². The van der Waals surface area contributed by atoms with E-state index < -0.39 is 19.1 Å². The first-order chi connectivity index (χ1) is 4.66. The average Bonchev–Trinajstić information content (AvgIpc) is 1.87. The predicted molar refractivity (Wildman–Crippen MR) is 31.9 cm³/mol. The predicted octanol–water partition coefficient (Wildman–Crippen LogP) is -0.412. The largest absolute Gasteiger partial charge is 0.389 e. The van der Waals surface area contributed by atoms with Gasteiger partial charge in [0.2, 0.25) is 0 Å². The Labute approximate surface area is 57.8 Å². The summed E-state index contributed by atoms with van der Waals surface area (Å²) in [7, 11) is 0. The Kier molecular flexibility index (Phi) is 5.38. The van der Waals surface area contributed by atoms with Gasteiger partial charge in [-0.1, -0.05) is 0 Å². The third-order valence-corrected chi connectivity index (χ3v) is 0.826. The minimum Gasteiger partial charge on any atom is -0.389 e. The summed E-state index contributed by atoms with van der Waals surface area (Å²) in [6.07, 6.45) is -3.32. The molecule has 0 aromatic rings. The second kappa shape index (κ2) is 5.52. The van der Waals surface area contributed by atoms with Gasteiger partial charge < -0.3 is 15.6 Å². The van der Waals surface area contributed by atoms with Crippen LogP contribution in [0.25, 0.3) is 0 Å². The van der Waals surface area contributed by atoms with Crippen molar-refractivity contribution in [2.75, 3.05) is 19.8 Å². The molecule has 0 radical (unpaired) electrons. The lowest BCUT2D eigenvalue weighted by molar-refractivity contribution is -0.0172. The number of hydrogen-bond acceptors (Lipinski definition) is 3. The molecule has 10 heavy (non-hydrogen) atoms. The molecule has 0 rings (SSSR count). The lowest BCUT2D eigenvalue weighted by Crippen LogP contribution is -2.26. The molecule has 62 valence electrons. The van der Waals surface area contributed by atoms with Gasteiger partial charge in [0.15, 0.2) is 0 Å². The number of ether oxygens (including phenoxy) is 1. The molecule has 0 aliphatic heterocycles. The molecule has 0 aliphatic carbocycles. The number of aliphatic hydroxyl groups excluding tert-OH is 1. The maximum Gasteiger partial charge on any atom is 0.261 e. The zero-order chi connectivity index (χ0) is 7.98. The molecule has 5 heteroatoms. The Morgan fingerprint density at radius 3 is 2.40 bits per heavy atom. The van der Waals surface area contributed by atoms with Crippen LogP contribution in [0.1, 0.15) is 0 Å². The first kappa shape index (κ1) is 9.74. The average molecular weight is 155 g/mol. The van der Waals surface area contributed by atoms with E-state index in [-0.39, 0.29) is 13.2 Å². The van der Waals surface area contributed by atoms with Crippen molar-refractivity contribution in [3.63, 3.8) is 0 Å². The second-order valence-electron chi connectivity index (χ2n) is 1.82. The zero-order valence-corrected chi connectivity index (χ0v) is 5.46. The van der Waals surface area contributed by atoms with Crippen LogP contribution in [0.5, 0.6) is 0 Å². The molecule has 0 aromatic heterocycles. The Morgan fingerprint density at radius 1 is 1.40 bits per heavy atom. The maximum atomic E-state index is 11.4. The quantitative estimate of drug-likeness (QED) is 0.567. The summed E-state index contributed by atoms with van der Waals surface area (Å²) < 4.78 is 27.1. The number of nitrogens with two attached hydrogens (primary N) is 1. The van der Waals surface area contributed by atoms with E-state index in [1.54, 1.807) is 0 Å². The van der Waals surface area contributed by atoms with Crippen molar-refractivity contribution in [2.24, 2.45) is 5.73 Å². The van der Waals surface area contributed by atoms with Crippen LogP contribution in [0.15, 0.2) is 0 Å². The van der Waals surface area contributed by atoms with Crippen molar-refractivity contribution in [1.82, 2.24) is 0 Å². The third kappa shape index (κ3) is 5.87. The van der Waals surface area contributed by atoms with Crippen molar-refractivity contribution < 1.29 is 18.6 Å². The van der Waals surface area contributed by atoms with Crippen LogP contribution in [0.3, 0.4) is 0 Å². The van der Waals surface area contributed by atoms with Gasteiger partial charge in [-0.25, -0.2) is 8.78 Å². The molecule has 0 saturated carbocycles. The van der Waals surface area contributed by atoms with Gasteiger partial charge in [0.05, 0.1) is 12.7 Å².